The van der Waals surface area contributed by atoms with E-state index in [-0.39, 0.29) is 24.2 Å². The van der Waals surface area contributed by atoms with Gasteiger partial charge in [-0.15, -0.1) is 0 Å². The molecule has 0 N–H and O–H groups in total. The van der Waals surface area contributed by atoms with Crippen molar-refractivity contribution in [3.05, 3.63) is 0 Å². The third-order valence-electron chi connectivity index (χ3n) is 3.25. The van der Waals surface area contributed by atoms with Crippen LogP contribution in [0.3, 0.4) is 0 Å². The summed E-state index contributed by atoms with van der Waals surface area (Å²) >= 11 is 0. The molecule has 0 aromatic carbocycles. The summed E-state index contributed by atoms with van der Waals surface area (Å²) < 4.78 is 5.36. The van der Waals surface area contributed by atoms with Crippen molar-refractivity contribution in [2.75, 3.05) is 19.6 Å². The standard InChI is InChI=1S/C15H26N2O4/c1-11(18)9-12(19)17-8-7-16(10-15(17,5)6)13(20)21-14(2,3)4/h7-10H2,1-6H3. The summed E-state index contributed by atoms with van der Waals surface area (Å²) in [5, 5.41) is 0. The van der Waals surface area contributed by atoms with Gasteiger partial charge in [-0.25, -0.2) is 4.79 Å². The molecule has 0 aromatic heterocycles. The van der Waals surface area contributed by atoms with E-state index < -0.39 is 11.1 Å². The number of piperazine rings is 1. The Bertz CT molecular complexity index is 437. The Morgan fingerprint density at radius 1 is 1.14 bits per heavy atom. The maximum Gasteiger partial charge on any atom is 0.410 e. The van der Waals surface area contributed by atoms with Gasteiger partial charge in [-0.05, 0) is 41.5 Å². The van der Waals surface area contributed by atoms with Crippen LogP contribution >= 0.6 is 0 Å². The quantitative estimate of drug-likeness (QED) is 0.729. The number of hydrogen-bond donors (Lipinski definition) is 0. The number of amides is 2. The molecular formula is C15H26N2O4. The van der Waals surface area contributed by atoms with Crippen LogP contribution < -0.4 is 0 Å². The summed E-state index contributed by atoms with van der Waals surface area (Å²) in [5.74, 6) is -0.332. The van der Waals surface area contributed by atoms with E-state index in [4.69, 9.17) is 4.74 Å². The summed E-state index contributed by atoms with van der Waals surface area (Å²) in [6.45, 7) is 11.9. The number of carbonyl (C=O) groups excluding carboxylic acids is 3. The summed E-state index contributed by atoms with van der Waals surface area (Å²) in [7, 11) is 0. The predicted molar refractivity (Wildman–Crippen MR) is 78.9 cm³/mol. The monoisotopic (exact) mass is 298 g/mol. The van der Waals surface area contributed by atoms with Crippen LogP contribution in [-0.4, -0.2) is 58.4 Å². The van der Waals surface area contributed by atoms with Gasteiger partial charge in [-0.3, -0.25) is 9.59 Å². The zero-order valence-electron chi connectivity index (χ0n) is 13.9. The minimum Gasteiger partial charge on any atom is -0.444 e. The van der Waals surface area contributed by atoms with Gasteiger partial charge >= 0.3 is 6.09 Å². The van der Waals surface area contributed by atoms with E-state index in [9.17, 15) is 14.4 Å². The highest BCUT2D eigenvalue weighted by Crippen LogP contribution is 2.23. The van der Waals surface area contributed by atoms with Crippen molar-refractivity contribution in [3.63, 3.8) is 0 Å². The number of Topliss-reactive ketones (excluding diaryl/α,β-unsaturated/α-hetero) is 1. The molecule has 0 bridgehead atoms. The second-order valence-electron chi connectivity index (χ2n) is 7.14. The molecule has 1 heterocycles. The molecule has 0 spiro atoms. The van der Waals surface area contributed by atoms with Crippen LogP contribution in [0.1, 0.15) is 48.0 Å². The minimum atomic E-state index is -0.539. The van der Waals surface area contributed by atoms with Gasteiger partial charge in [0, 0.05) is 19.6 Å². The lowest BCUT2D eigenvalue weighted by Crippen LogP contribution is -2.62. The van der Waals surface area contributed by atoms with Gasteiger partial charge in [0.25, 0.3) is 0 Å². The molecular weight excluding hydrogens is 272 g/mol. The molecule has 120 valence electrons. The van der Waals surface area contributed by atoms with Crippen LogP contribution in [0.2, 0.25) is 0 Å². The molecule has 0 aliphatic carbocycles. The molecule has 0 aromatic rings. The lowest BCUT2D eigenvalue weighted by Gasteiger charge is -2.47. The van der Waals surface area contributed by atoms with Crippen LogP contribution in [0.25, 0.3) is 0 Å². The summed E-state index contributed by atoms with van der Waals surface area (Å²) in [6, 6.07) is 0. The summed E-state index contributed by atoms with van der Waals surface area (Å²) in [6.07, 6.45) is -0.454. The van der Waals surface area contributed by atoms with Crippen molar-refractivity contribution < 1.29 is 19.1 Å². The first-order chi connectivity index (χ1) is 9.42. The molecule has 1 aliphatic rings. The maximum atomic E-state index is 12.1. The Kier molecular flexibility index (Phi) is 5.02. The van der Waals surface area contributed by atoms with Crippen molar-refractivity contribution >= 4 is 17.8 Å². The number of ether oxygens (including phenoxy) is 1. The fourth-order valence-electron chi connectivity index (χ4n) is 2.41. The smallest absolute Gasteiger partial charge is 0.410 e. The molecule has 1 fully saturated rings. The zero-order valence-corrected chi connectivity index (χ0v) is 13.9. The van der Waals surface area contributed by atoms with Gasteiger partial charge in [-0.1, -0.05) is 0 Å². The fourth-order valence-corrected chi connectivity index (χ4v) is 2.41. The molecule has 0 radical (unpaired) electrons. The Labute approximate surface area is 126 Å². The highest BCUT2D eigenvalue weighted by Gasteiger charge is 2.39. The van der Waals surface area contributed by atoms with E-state index in [1.807, 2.05) is 34.6 Å². The fraction of sp³-hybridized carbons (Fsp3) is 0.800. The molecule has 1 rings (SSSR count). The highest BCUT2D eigenvalue weighted by atomic mass is 16.6. The summed E-state index contributed by atoms with van der Waals surface area (Å²) in [4.78, 5) is 38.6. The molecule has 1 aliphatic heterocycles. The average molecular weight is 298 g/mol. The Hall–Kier alpha value is -1.59. The molecule has 0 saturated carbocycles. The van der Waals surface area contributed by atoms with E-state index in [1.165, 1.54) is 6.92 Å². The first-order valence-electron chi connectivity index (χ1n) is 7.20. The van der Waals surface area contributed by atoms with Crippen molar-refractivity contribution in [2.45, 2.75) is 59.1 Å². The van der Waals surface area contributed by atoms with E-state index in [2.05, 4.69) is 0 Å². The Morgan fingerprint density at radius 2 is 1.71 bits per heavy atom. The molecule has 0 unspecified atom stereocenters. The molecule has 6 heteroatoms. The SMILES string of the molecule is CC(=O)CC(=O)N1CCN(C(=O)OC(C)(C)C)CC1(C)C. The lowest BCUT2D eigenvalue weighted by atomic mass is 9.98. The van der Waals surface area contributed by atoms with Crippen molar-refractivity contribution in [2.24, 2.45) is 0 Å². The van der Waals surface area contributed by atoms with Gasteiger partial charge in [0.15, 0.2) is 0 Å². The van der Waals surface area contributed by atoms with Gasteiger partial charge in [0.05, 0.1) is 12.0 Å². The Balaban J connectivity index is 2.72. The van der Waals surface area contributed by atoms with Crippen LogP contribution in [0.5, 0.6) is 0 Å². The molecule has 0 atom stereocenters. The number of hydrogen-bond acceptors (Lipinski definition) is 4. The van der Waals surface area contributed by atoms with Crippen molar-refractivity contribution in [1.82, 2.24) is 9.80 Å². The van der Waals surface area contributed by atoms with Crippen molar-refractivity contribution in [1.29, 1.82) is 0 Å². The third-order valence-corrected chi connectivity index (χ3v) is 3.25. The maximum absolute atomic E-state index is 12.1. The van der Waals surface area contributed by atoms with Crippen LogP contribution in [-0.2, 0) is 14.3 Å². The topological polar surface area (TPSA) is 66.9 Å². The number of rotatable bonds is 2. The second-order valence-corrected chi connectivity index (χ2v) is 7.14. The average Bonchev–Trinajstić information content (AvgIpc) is 2.23. The first kappa shape index (κ1) is 17.5. The zero-order chi connectivity index (χ0) is 16.4. The largest absolute Gasteiger partial charge is 0.444 e. The van der Waals surface area contributed by atoms with Gasteiger partial charge in [0.2, 0.25) is 5.91 Å². The molecule has 2 amide bonds. The number of carbonyl (C=O) groups is 3. The molecule has 21 heavy (non-hydrogen) atoms. The van der Waals surface area contributed by atoms with E-state index in [1.54, 1.807) is 9.80 Å². The highest BCUT2D eigenvalue weighted by molar-refractivity contribution is 5.97. The van der Waals surface area contributed by atoms with Gasteiger partial charge in [-0.2, -0.15) is 0 Å². The lowest BCUT2D eigenvalue weighted by molar-refractivity contribution is -0.142. The van der Waals surface area contributed by atoms with E-state index in [0.29, 0.717) is 19.6 Å². The van der Waals surface area contributed by atoms with Crippen molar-refractivity contribution in [3.8, 4) is 0 Å². The molecule has 6 nitrogen and oxygen atoms in total. The second kappa shape index (κ2) is 6.03. The predicted octanol–water partition coefficient (Wildman–Crippen LogP) is 1.82. The summed E-state index contributed by atoms with van der Waals surface area (Å²) in [5.41, 5.74) is -1.05. The molecule has 1 saturated heterocycles. The Morgan fingerprint density at radius 3 is 2.14 bits per heavy atom. The third kappa shape index (κ3) is 5.02. The van der Waals surface area contributed by atoms with Gasteiger partial charge in [0.1, 0.15) is 11.4 Å². The number of nitrogens with zero attached hydrogens (tertiary/aromatic N) is 2. The normalized spacial score (nSPS) is 18.4. The van der Waals surface area contributed by atoms with E-state index >= 15 is 0 Å². The van der Waals surface area contributed by atoms with Crippen LogP contribution in [0.4, 0.5) is 4.79 Å². The number of ketones is 1. The van der Waals surface area contributed by atoms with Crippen LogP contribution in [0, 0.1) is 0 Å². The van der Waals surface area contributed by atoms with Crippen LogP contribution in [0.15, 0.2) is 0 Å². The van der Waals surface area contributed by atoms with Gasteiger partial charge < -0.3 is 14.5 Å². The van der Waals surface area contributed by atoms with E-state index in [0.717, 1.165) is 0 Å². The minimum absolute atomic E-state index is 0.0874. The first-order valence-corrected chi connectivity index (χ1v) is 7.20.